The molecule has 1 N–H and O–H groups in total. The quantitative estimate of drug-likeness (QED) is 0.758. The number of carbonyl (C=O) groups is 1. The molecule has 0 aliphatic rings. The highest BCUT2D eigenvalue weighted by Crippen LogP contribution is 2.20. The molecule has 3 heteroatoms. The third kappa shape index (κ3) is 2.98. The van der Waals surface area contributed by atoms with Gasteiger partial charge in [0.2, 0.25) is 0 Å². The Morgan fingerprint density at radius 2 is 1.73 bits per heavy atom. The molecule has 0 spiro atoms. The van der Waals surface area contributed by atoms with Crippen LogP contribution in [-0.4, -0.2) is 5.91 Å². The summed E-state index contributed by atoms with van der Waals surface area (Å²) in [6.07, 6.45) is 0. The maximum absolute atomic E-state index is 13.2. The van der Waals surface area contributed by atoms with Crippen LogP contribution in [0.2, 0.25) is 0 Å². The van der Waals surface area contributed by atoms with E-state index in [1.165, 1.54) is 18.2 Å². The first kappa shape index (κ1) is 14.3. The van der Waals surface area contributed by atoms with Gasteiger partial charge in [0, 0.05) is 5.56 Å². The third-order valence-corrected chi connectivity index (χ3v) is 3.71. The maximum atomic E-state index is 13.2. The Morgan fingerprint density at radius 1 is 0.955 bits per heavy atom. The molecule has 3 aromatic carbocycles. The molecular weight excluding hydrogens is 277 g/mol. The van der Waals surface area contributed by atoms with Gasteiger partial charge >= 0.3 is 0 Å². The van der Waals surface area contributed by atoms with Gasteiger partial charge in [-0.2, -0.15) is 0 Å². The fourth-order valence-electron chi connectivity index (χ4n) is 2.47. The van der Waals surface area contributed by atoms with Crippen molar-refractivity contribution >= 4 is 16.7 Å². The Morgan fingerprint density at radius 3 is 2.50 bits per heavy atom. The van der Waals surface area contributed by atoms with Crippen molar-refractivity contribution in [3.8, 4) is 0 Å². The summed E-state index contributed by atoms with van der Waals surface area (Å²) in [4.78, 5) is 12.2. The minimum Gasteiger partial charge on any atom is -0.346 e. The van der Waals surface area contributed by atoms with Crippen molar-refractivity contribution in [2.75, 3.05) is 0 Å². The molecule has 110 valence electrons. The molecule has 0 fully saturated rings. The highest BCUT2D eigenvalue weighted by molar-refractivity contribution is 5.94. The van der Waals surface area contributed by atoms with Crippen LogP contribution >= 0.6 is 0 Å². The number of amides is 1. The lowest BCUT2D eigenvalue weighted by molar-refractivity contribution is 0.0939. The molecule has 0 saturated carbocycles. The Balaban J connectivity index is 1.80. The highest BCUT2D eigenvalue weighted by atomic mass is 19.1. The van der Waals surface area contributed by atoms with E-state index in [0.717, 1.165) is 16.3 Å². The average molecular weight is 293 g/mol. The fourth-order valence-corrected chi connectivity index (χ4v) is 2.47. The van der Waals surface area contributed by atoms with E-state index in [1.54, 1.807) is 6.07 Å². The van der Waals surface area contributed by atoms with Crippen molar-refractivity contribution in [1.29, 1.82) is 0 Å². The van der Waals surface area contributed by atoms with Crippen LogP contribution in [0.5, 0.6) is 0 Å². The van der Waals surface area contributed by atoms with E-state index in [0.29, 0.717) is 5.56 Å². The second kappa shape index (κ2) is 5.98. The zero-order chi connectivity index (χ0) is 15.5. The van der Waals surface area contributed by atoms with Gasteiger partial charge < -0.3 is 5.32 Å². The van der Waals surface area contributed by atoms with Gasteiger partial charge in [-0.1, -0.05) is 42.5 Å². The van der Waals surface area contributed by atoms with Gasteiger partial charge in [-0.15, -0.1) is 0 Å². The minimum atomic E-state index is -0.411. The van der Waals surface area contributed by atoms with Gasteiger partial charge in [-0.05, 0) is 47.5 Å². The van der Waals surface area contributed by atoms with Crippen molar-refractivity contribution in [3.05, 3.63) is 83.7 Å². The number of benzene rings is 3. The van der Waals surface area contributed by atoms with Crippen LogP contribution in [0, 0.1) is 5.82 Å². The Bertz CT molecular complexity index is 828. The second-order valence-corrected chi connectivity index (χ2v) is 5.31. The molecule has 0 aromatic heterocycles. The molecule has 0 aliphatic heterocycles. The van der Waals surface area contributed by atoms with Crippen LogP contribution in [0.25, 0.3) is 10.8 Å². The summed E-state index contributed by atoms with van der Waals surface area (Å²) in [6.45, 7) is 1.92. The Hall–Kier alpha value is -2.68. The molecule has 0 radical (unpaired) electrons. The number of rotatable bonds is 3. The predicted molar refractivity (Wildman–Crippen MR) is 86.2 cm³/mol. The monoisotopic (exact) mass is 293 g/mol. The van der Waals surface area contributed by atoms with E-state index >= 15 is 0 Å². The normalized spacial score (nSPS) is 12.1. The predicted octanol–water partition coefficient (Wildman–Crippen LogP) is 4.47. The molecule has 2 nitrogen and oxygen atoms in total. The minimum absolute atomic E-state index is 0.152. The Kier molecular flexibility index (Phi) is 3.88. The first-order valence-electron chi connectivity index (χ1n) is 7.18. The third-order valence-electron chi connectivity index (χ3n) is 3.71. The van der Waals surface area contributed by atoms with Gasteiger partial charge in [-0.25, -0.2) is 4.39 Å². The lowest BCUT2D eigenvalue weighted by Crippen LogP contribution is -2.26. The molecule has 0 bridgehead atoms. The molecule has 3 rings (SSSR count). The average Bonchev–Trinajstić information content (AvgIpc) is 2.54. The molecule has 3 aromatic rings. The summed E-state index contributed by atoms with van der Waals surface area (Å²) in [5, 5.41) is 5.19. The standard InChI is InChI=1S/C19H16FNO/c1-13(21-19(22)17-7-4-8-18(20)12-17)15-10-9-14-5-2-3-6-16(14)11-15/h2-13H,1H3,(H,21,22)/t13-/m0/s1. The van der Waals surface area contributed by atoms with Crippen molar-refractivity contribution in [3.63, 3.8) is 0 Å². The maximum Gasteiger partial charge on any atom is 0.251 e. The number of fused-ring (bicyclic) bond motifs is 1. The Labute approximate surface area is 128 Å². The molecule has 0 heterocycles. The molecular formula is C19H16FNO. The van der Waals surface area contributed by atoms with E-state index in [-0.39, 0.29) is 11.9 Å². The molecule has 22 heavy (non-hydrogen) atoms. The summed E-state index contributed by atoms with van der Waals surface area (Å²) in [6, 6.07) is 19.7. The van der Waals surface area contributed by atoms with Gasteiger partial charge in [0.25, 0.3) is 5.91 Å². The number of nitrogens with one attached hydrogen (secondary N) is 1. The number of hydrogen-bond donors (Lipinski definition) is 1. The van der Waals surface area contributed by atoms with Gasteiger partial charge in [-0.3, -0.25) is 4.79 Å². The largest absolute Gasteiger partial charge is 0.346 e. The summed E-state index contributed by atoms with van der Waals surface area (Å²) >= 11 is 0. The second-order valence-electron chi connectivity index (χ2n) is 5.31. The lowest BCUT2D eigenvalue weighted by Gasteiger charge is -2.15. The smallest absolute Gasteiger partial charge is 0.251 e. The topological polar surface area (TPSA) is 29.1 Å². The number of halogens is 1. The van der Waals surface area contributed by atoms with Crippen LogP contribution in [0.15, 0.2) is 66.7 Å². The number of hydrogen-bond acceptors (Lipinski definition) is 1. The first-order valence-corrected chi connectivity index (χ1v) is 7.18. The SMILES string of the molecule is C[C@H](NC(=O)c1cccc(F)c1)c1ccc2ccccc2c1. The van der Waals surface area contributed by atoms with E-state index in [4.69, 9.17) is 0 Å². The first-order chi connectivity index (χ1) is 10.6. The van der Waals surface area contributed by atoms with E-state index in [1.807, 2.05) is 37.3 Å². The zero-order valence-electron chi connectivity index (χ0n) is 12.2. The van der Waals surface area contributed by atoms with Gasteiger partial charge in [0.15, 0.2) is 0 Å². The summed E-state index contributed by atoms with van der Waals surface area (Å²) in [5.74, 6) is -0.689. The van der Waals surface area contributed by atoms with Crippen LogP contribution in [0.1, 0.15) is 28.9 Å². The van der Waals surface area contributed by atoms with Crippen molar-refractivity contribution in [2.45, 2.75) is 13.0 Å². The van der Waals surface area contributed by atoms with Crippen LogP contribution in [0.3, 0.4) is 0 Å². The number of carbonyl (C=O) groups excluding carboxylic acids is 1. The van der Waals surface area contributed by atoms with E-state index in [2.05, 4.69) is 17.4 Å². The van der Waals surface area contributed by atoms with Crippen LogP contribution < -0.4 is 5.32 Å². The van der Waals surface area contributed by atoms with E-state index in [9.17, 15) is 9.18 Å². The van der Waals surface area contributed by atoms with E-state index < -0.39 is 5.82 Å². The summed E-state index contributed by atoms with van der Waals surface area (Å²) < 4.78 is 13.2. The molecule has 0 unspecified atom stereocenters. The molecule has 0 saturated heterocycles. The van der Waals surface area contributed by atoms with Crippen molar-refractivity contribution < 1.29 is 9.18 Å². The molecule has 1 atom stereocenters. The zero-order valence-corrected chi connectivity index (χ0v) is 12.2. The van der Waals surface area contributed by atoms with Crippen LogP contribution in [-0.2, 0) is 0 Å². The lowest BCUT2D eigenvalue weighted by atomic mass is 10.0. The summed E-state index contributed by atoms with van der Waals surface area (Å²) in [7, 11) is 0. The fraction of sp³-hybridized carbons (Fsp3) is 0.105. The van der Waals surface area contributed by atoms with Crippen molar-refractivity contribution in [2.24, 2.45) is 0 Å². The van der Waals surface area contributed by atoms with Gasteiger partial charge in [0.05, 0.1) is 6.04 Å². The van der Waals surface area contributed by atoms with Crippen LogP contribution in [0.4, 0.5) is 4.39 Å². The van der Waals surface area contributed by atoms with Gasteiger partial charge in [0.1, 0.15) is 5.82 Å². The van der Waals surface area contributed by atoms with Crippen molar-refractivity contribution in [1.82, 2.24) is 5.32 Å². The highest BCUT2D eigenvalue weighted by Gasteiger charge is 2.12. The molecule has 1 amide bonds. The summed E-state index contributed by atoms with van der Waals surface area (Å²) in [5.41, 5.74) is 1.34. The molecule has 0 aliphatic carbocycles.